The van der Waals surface area contributed by atoms with Crippen LogP contribution in [0.25, 0.3) is 22.3 Å². The molecule has 5 aromatic rings. The van der Waals surface area contributed by atoms with E-state index in [0.29, 0.717) is 29.9 Å². The van der Waals surface area contributed by atoms with Gasteiger partial charge in [-0.1, -0.05) is 30.7 Å². The number of benzene rings is 3. The zero-order valence-electron chi connectivity index (χ0n) is 26.8. The average Bonchev–Trinajstić information content (AvgIpc) is 3.41. The third kappa shape index (κ3) is 6.31. The van der Waals surface area contributed by atoms with Crippen LogP contribution in [0.3, 0.4) is 0 Å². The van der Waals surface area contributed by atoms with E-state index in [4.69, 9.17) is 4.74 Å². The minimum absolute atomic E-state index is 0.000438. The maximum Gasteiger partial charge on any atom is 0.303 e. The number of nitrogens with zero attached hydrogens (tertiary/aromatic N) is 1. The van der Waals surface area contributed by atoms with Crippen LogP contribution in [0.2, 0.25) is 0 Å². The Balaban J connectivity index is 1.30. The van der Waals surface area contributed by atoms with Crippen molar-refractivity contribution in [1.29, 1.82) is 0 Å². The largest absolute Gasteiger partial charge is 0.481 e. The number of carbonyl (C=O) groups excluding carboxylic acids is 1. The molecule has 1 fully saturated rings. The molecule has 3 heterocycles. The van der Waals surface area contributed by atoms with Crippen LogP contribution in [-0.2, 0) is 27.8 Å². The number of imidazole rings is 1. The lowest BCUT2D eigenvalue weighted by molar-refractivity contribution is -0.137. The van der Waals surface area contributed by atoms with Crippen molar-refractivity contribution in [2.45, 2.75) is 70.1 Å². The number of carboxylic acid groups (broad SMARTS) is 1. The van der Waals surface area contributed by atoms with Crippen molar-refractivity contribution in [3.63, 3.8) is 0 Å². The SMILES string of the molecule is CC1(c2cccc(CCC(=O)O)c2)CCCC2(CC2)CNC(=O)CCc2c(c(F)cc3[nH]ccc23)Oc2ccc(F)c(c2)-c2ncc1[nH]2. The first kappa shape index (κ1) is 31.6. The van der Waals surface area contributed by atoms with Gasteiger partial charge in [0.1, 0.15) is 17.4 Å². The number of carboxylic acids is 1. The van der Waals surface area contributed by atoms with Gasteiger partial charge in [0.15, 0.2) is 11.6 Å². The molecule has 10 heteroatoms. The number of nitrogens with one attached hydrogen (secondary N) is 3. The highest BCUT2D eigenvalue weighted by Crippen LogP contribution is 2.50. The second-order valence-electron chi connectivity index (χ2n) is 13.6. The van der Waals surface area contributed by atoms with E-state index < -0.39 is 23.0 Å². The number of aromatic amines is 2. The highest BCUT2D eigenvalue weighted by Gasteiger charge is 2.43. The van der Waals surface area contributed by atoms with Crippen molar-refractivity contribution in [2.75, 3.05) is 6.54 Å². The van der Waals surface area contributed by atoms with Crippen LogP contribution in [0.1, 0.15) is 74.3 Å². The van der Waals surface area contributed by atoms with Crippen molar-refractivity contribution in [3.8, 4) is 22.9 Å². The van der Waals surface area contributed by atoms with Gasteiger partial charge in [-0.2, -0.15) is 0 Å². The third-order valence-corrected chi connectivity index (χ3v) is 10.2. The van der Waals surface area contributed by atoms with Gasteiger partial charge in [-0.3, -0.25) is 9.59 Å². The van der Waals surface area contributed by atoms with Crippen LogP contribution in [0.5, 0.6) is 11.5 Å². The maximum absolute atomic E-state index is 15.6. The molecular weight excluding hydrogens is 614 g/mol. The summed E-state index contributed by atoms with van der Waals surface area (Å²) in [6.45, 7) is 2.71. The molecule has 1 unspecified atom stereocenters. The van der Waals surface area contributed by atoms with E-state index in [-0.39, 0.29) is 47.6 Å². The van der Waals surface area contributed by atoms with E-state index >= 15 is 8.78 Å². The Bertz CT molecular complexity index is 2010. The molecule has 1 spiro atoms. The van der Waals surface area contributed by atoms with Crippen LogP contribution < -0.4 is 10.1 Å². The van der Waals surface area contributed by atoms with Crippen LogP contribution in [-0.4, -0.2) is 38.5 Å². The second kappa shape index (κ2) is 12.6. The predicted molar refractivity (Wildman–Crippen MR) is 178 cm³/mol. The molecule has 2 aliphatic rings. The molecule has 8 nitrogen and oxygen atoms in total. The van der Waals surface area contributed by atoms with Gasteiger partial charge in [0.05, 0.1) is 5.56 Å². The maximum atomic E-state index is 15.6. The molecule has 2 aromatic heterocycles. The van der Waals surface area contributed by atoms with Gasteiger partial charge < -0.3 is 25.1 Å². The monoisotopic (exact) mass is 652 g/mol. The van der Waals surface area contributed by atoms with Gasteiger partial charge >= 0.3 is 5.97 Å². The number of rotatable bonds is 4. The smallest absolute Gasteiger partial charge is 0.303 e. The predicted octanol–water partition coefficient (Wildman–Crippen LogP) is 7.96. The Morgan fingerprint density at radius 3 is 2.69 bits per heavy atom. The number of hydrogen-bond donors (Lipinski definition) is 4. The van der Waals surface area contributed by atoms with Crippen LogP contribution >= 0.6 is 0 Å². The number of carbonyl (C=O) groups is 2. The average molecular weight is 653 g/mol. The van der Waals surface area contributed by atoms with E-state index in [2.05, 4.69) is 33.3 Å². The molecule has 48 heavy (non-hydrogen) atoms. The highest BCUT2D eigenvalue weighted by molar-refractivity contribution is 5.86. The van der Waals surface area contributed by atoms with E-state index in [9.17, 15) is 14.7 Å². The summed E-state index contributed by atoms with van der Waals surface area (Å²) in [5.74, 6) is -1.51. The number of hydrogen-bond acceptors (Lipinski definition) is 4. The molecule has 4 N–H and O–H groups in total. The van der Waals surface area contributed by atoms with E-state index in [0.717, 1.165) is 54.3 Å². The van der Waals surface area contributed by atoms with Crippen molar-refractivity contribution in [1.82, 2.24) is 20.3 Å². The van der Waals surface area contributed by atoms with Crippen molar-refractivity contribution >= 4 is 22.8 Å². The number of fused-ring (bicyclic) bond motifs is 8. The highest BCUT2D eigenvalue weighted by atomic mass is 19.1. The summed E-state index contributed by atoms with van der Waals surface area (Å²) in [5.41, 5.74) is 3.54. The zero-order valence-corrected chi connectivity index (χ0v) is 26.8. The first-order valence-electron chi connectivity index (χ1n) is 16.5. The summed E-state index contributed by atoms with van der Waals surface area (Å²) in [6.07, 6.45) is 8.93. The Morgan fingerprint density at radius 1 is 1.02 bits per heavy atom. The van der Waals surface area contributed by atoms with Gasteiger partial charge in [0.25, 0.3) is 0 Å². The molecule has 1 atom stereocenters. The number of aryl methyl sites for hydroxylation is 2. The molecular formula is C38H38F2N4O4. The summed E-state index contributed by atoms with van der Waals surface area (Å²) in [6, 6.07) is 15.4. The summed E-state index contributed by atoms with van der Waals surface area (Å²) in [5, 5.41) is 13.2. The summed E-state index contributed by atoms with van der Waals surface area (Å²) < 4.78 is 37.2. The van der Waals surface area contributed by atoms with Gasteiger partial charge in [0, 0.05) is 65.4 Å². The molecule has 0 radical (unpaired) electrons. The summed E-state index contributed by atoms with van der Waals surface area (Å²) in [7, 11) is 0. The standard InChI is InChI=1S/C38H38F2N4O4/c1-37(24-5-2-4-23(18-24)6-11-34(46)47)13-3-14-38(15-16-38)22-43-33(45)10-8-27-26-12-17-41-31(26)20-30(40)35(27)48-25-7-9-29(39)28(19-25)36-42-21-32(37)44-36/h2,4-5,7,9,12,17-21,41H,3,6,8,10-11,13-16,22H2,1H3,(H,42,44)(H,43,45)(H,46,47). The number of aromatic nitrogens is 3. The fourth-order valence-electron chi connectivity index (χ4n) is 7.07. The van der Waals surface area contributed by atoms with Crippen LogP contribution in [0.15, 0.2) is 67.0 Å². The van der Waals surface area contributed by atoms with Crippen molar-refractivity contribution < 1.29 is 28.2 Å². The van der Waals surface area contributed by atoms with Crippen LogP contribution in [0.4, 0.5) is 8.78 Å². The van der Waals surface area contributed by atoms with E-state index in [1.807, 2.05) is 24.3 Å². The third-order valence-electron chi connectivity index (χ3n) is 10.2. The lowest BCUT2D eigenvalue weighted by Gasteiger charge is -2.30. The normalized spacial score (nSPS) is 19.4. The lowest BCUT2D eigenvalue weighted by Crippen LogP contribution is -2.31. The second-order valence-corrected chi connectivity index (χ2v) is 13.6. The molecule has 1 aliphatic heterocycles. The molecule has 0 saturated heterocycles. The Kier molecular flexibility index (Phi) is 8.27. The molecule has 248 valence electrons. The fourth-order valence-corrected chi connectivity index (χ4v) is 7.07. The zero-order chi connectivity index (χ0) is 33.5. The first-order valence-corrected chi connectivity index (χ1v) is 16.5. The topological polar surface area (TPSA) is 120 Å². The quantitative estimate of drug-likeness (QED) is 0.157. The Morgan fingerprint density at radius 2 is 1.88 bits per heavy atom. The van der Waals surface area contributed by atoms with Crippen molar-refractivity contribution in [3.05, 3.63) is 101 Å². The van der Waals surface area contributed by atoms with E-state index in [1.54, 1.807) is 12.4 Å². The van der Waals surface area contributed by atoms with Gasteiger partial charge in [-0.25, -0.2) is 13.8 Å². The number of halogens is 2. The molecule has 1 aliphatic carbocycles. The van der Waals surface area contributed by atoms with Gasteiger partial charge in [0.2, 0.25) is 5.91 Å². The molecule has 1 amide bonds. The summed E-state index contributed by atoms with van der Waals surface area (Å²) in [4.78, 5) is 35.5. The van der Waals surface area contributed by atoms with Gasteiger partial charge in [-0.05, 0) is 86.3 Å². The molecule has 7 rings (SSSR count). The van der Waals surface area contributed by atoms with Crippen LogP contribution in [0, 0.1) is 17.0 Å². The minimum atomic E-state index is -0.851. The number of H-pyrrole nitrogens is 2. The van der Waals surface area contributed by atoms with E-state index in [1.165, 1.54) is 24.3 Å². The molecule has 3 aromatic carbocycles. The molecule has 1 saturated carbocycles. The fraction of sp³-hybridized carbons (Fsp3) is 0.342. The number of aliphatic carboxylic acids is 1. The minimum Gasteiger partial charge on any atom is -0.481 e. The van der Waals surface area contributed by atoms with Crippen molar-refractivity contribution in [2.24, 2.45) is 5.41 Å². The lowest BCUT2D eigenvalue weighted by atomic mass is 9.74. The number of ether oxygens (including phenoxy) is 1. The Labute approximate surface area is 276 Å². The van der Waals surface area contributed by atoms with Gasteiger partial charge in [-0.15, -0.1) is 0 Å². The Hall–Kier alpha value is -4.99. The molecule has 4 bridgehead atoms. The summed E-state index contributed by atoms with van der Waals surface area (Å²) >= 11 is 0. The first-order chi connectivity index (χ1) is 23.1. The number of amides is 1.